The molecule has 0 aliphatic carbocycles. The van der Waals surface area contributed by atoms with Gasteiger partial charge in [0.25, 0.3) is 0 Å². The van der Waals surface area contributed by atoms with E-state index in [2.05, 4.69) is 10.2 Å². The van der Waals surface area contributed by atoms with Crippen molar-refractivity contribution in [1.29, 1.82) is 0 Å². The first kappa shape index (κ1) is 14.5. The lowest BCUT2D eigenvalue weighted by Gasteiger charge is -2.24. The highest BCUT2D eigenvalue weighted by Crippen LogP contribution is 2.29. The number of nitrogens with two attached hydrogens (primary N) is 1. The van der Waals surface area contributed by atoms with Crippen molar-refractivity contribution in [2.45, 2.75) is 32.9 Å². The number of rotatable bonds is 3. The van der Waals surface area contributed by atoms with Crippen molar-refractivity contribution in [3.8, 4) is 17.1 Å². The maximum absolute atomic E-state index is 14.2. The monoisotopic (exact) mass is 278 g/mol. The van der Waals surface area contributed by atoms with Crippen LogP contribution in [0, 0.1) is 5.82 Å². The van der Waals surface area contributed by atoms with Crippen LogP contribution in [0.1, 0.15) is 26.6 Å². The van der Waals surface area contributed by atoms with Crippen molar-refractivity contribution in [3.63, 3.8) is 0 Å². The van der Waals surface area contributed by atoms with E-state index in [1.807, 2.05) is 25.3 Å². The lowest BCUT2D eigenvalue weighted by Crippen LogP contribution is -2.26. The first-order valence-corrected chi connectivity index (χ1v) is 6.37. The van der Waals surface area contributed by atoms with Crippen LogP contribution in [-0.4, -0.2) is 21.9 Å². The lowest BCUT2D eigenvalue weighted by atomic mass is 10.1. The summed E-state index contributed by atoms with van der Waals surface area (Å²) in [6.07, 6.45) is 0. The quantitative estimate of drug-likeness (QED) is 0.935. The molecule has 0 atom stereocenters. The zero-order valence-corrected chi connectivity index (χ0v) is 12.1. The second-order valence-corrected chi connectivity index (χ2v) is 5.50. The predicted octanol–water partition coefficient (Wildman–Crippen LogP) is 2.31. The highest BCUT2D eigenvalue weighted by atomic mass is 19.1. The molecule has 2 rings (SSSR count). The fourth-order valence-electron chi connectivity index (χ4n) is 2.13. The van der Waals surface area contributed by atoms with Crippen LogP contribution in [0.2, 0.25) is 0 Å². The van der Waals surface area contributed by atoms with Crippen LogP contribution >= 0.6 is 0 Å². The van der Waals surface area contributed by atoms with E-state index >= 15 is 0 Å². The molecule has 0 saturated heterocycles. The van der Waals surface area contributed by atoms with Gasteiger partial charge in [-0.3, -0.25) is 0 Å². The number of methoxy groups -OCH3 is 1. The molecule has 0 aliphatic heterocycles. The average molecular weight is 278 g/mol. The Morgan fingerprint density at radius 1 is 1.30 bits per heavy atom. The van der Waals surface area contributed by atoms with E-state index < -0.39 is 5.82 Å². The van der Waals surface area contributed by atoms with Crippen LogP contribution < -0.4 is 10.5 Å². The highest BCUT2D eigenvalue weighted by molar-refractivity contribution is 5.58. The van der Waals surface area contributed by atoms with Crippen molar-refractivity contribution in [2.24, 2.45) is 5.73 Å². The third-order valence-corrected chi connectivity index (χ3v) is 3.00. The Morgan fingerprint density at radius 3 is 2.50 bits per heavy atom. The normalized spacial score (nSPS) is 11.7. The molecule has 2 aromatic rings. The van der Waals surface area contributed by atoms with Crippen molar-refractivity contribution in [3.05, 3.63) is 29.8 Å². The number of nitrogens with zero attached hydrogens (tertiary/aromatic N) is 3. The number of hydrogen-bond acceptors (Lipinski definition) is 4. The van der Waals surface area contributed by atoms with Gasteiger partial charge in [0.2, 0.25) is 0 Å². The van der Waals surface area contributed by atoms with E-state index in [0.29, 0.717) is 23.0 Å². The number of halogens is 1. The minimum Gasteiger partial charge on any atom is -0.497 e. The van der Waals surface area contributed by atoms with Gasteiger partial charge in [-0.2, -0.15) is 0 Å². The zero-order valence-electron chi connectivity index (χ0n) is 12.1. The van der Waals surface area contributed by atoms with Gasteiger partial charge >= 0.3 is 0 Å². The van der Waals surface area contributed by atoms with E-state index in [0.717, 1.165) is 0 Å². The van der Waals surface area contributed by atoms with Gasteiger partial charge in [0.05, 0.1) is 19.2 Å². The van der Waals surface area contributed by atoms with Gasteiger partial charge in [-0.05, 0) is 32.9 Å². The number of benzene rings is 1. The Balaban J connectivity index is 2.62. The van der Waals surface area contributed by atoms with Gasteiger partial charge in [0.1, 0.15) is 17.4 Å². The van der Waals surface area contributed by atoms with Gasteiger partial charge in [0, 0.05) is 11.6 Å². The van der Waals surface area contributed by atoms with Crippen LogP contribution in [0.25, 0.3) is 11.4 Å². The van der Waals surface area contributed by atoms with Crippen molar-refractivity contribution >= 4 is 0 Å². The van der Waals surface area contributed by atoms with E-state index in [4.69, 9.17) is 10.5 Å². The Hall–Kier alpha value is -1.95. The number of ether oxygens (including phenoxy) is 1. The summed E-state index contributed by atoms with van der Waals surface area (Å²) < 4.78 is 21.1. The van der Waals surface area contributed by atoms with Crippen LogP contribution in [0.4, 0.5) is 4.39 Å². The fraction of sp³-hybridized carbons (Fsp3) is 0.429. The minimum atomic E-state index is -0.397. The van der Waals surface area contributed by atoms with Gasteiger partial charge in [-0.25, -0.2) is 4.39 Å². The molecule has 108 valence electrons. The van der Waals surface area contributed by atoms with E-state index in [9.17, 15) is 4.39 Å². The molecule has 0 spiro atoms. The van der Waals surface area contributed by atoms with E-state index in [1.165, 1.54) is 13.2 Å². The summed E-state index contributed by atoms with van der Waals surface area (Å²) in [5, 5.41) is 8.14. The van der Waals surface area contributed by atoms with Gasteiger partial charge in [0.15, 0.2) is 5.82 Å². The third-order valence-electron chi connectivity index (χ3n) is 3.00. The zero-order chi connectivity index (χ0) is 14.9. The summed E-state index contributed by atoms with van der Waals surface area (Å²) in [4.78, 5) is 0. The summed E-state index contributed by atoms with van der Waals surface area (Å²) in [7, 11) is 1.50. The highest BCUT2D eigenvalue weighted by Gasteiger charge is 2.24. The van der Waals surface area contributed by atoms with Gasteiger partial charge in [-0.1, -0.05) is 0 Å². The number of aromatic nitrogens is 3. The molecule has 1 heterocycles. The van der Waals surface area contributed by atoms with Gasteiger partial charge in [-0.15, -0.1) is 10.2 Å². The SMILES string of the molecule is COc1ccc(-c2nnc(CN)n2C(C)(C)C)c(F)c1. The maximum Gasteiger partial charge on any atom is 0.167 e. The van der Waals surface area contributed by atoms with Crippen LogP contribution in [-0.2, 0) is 12.1 Å². The van der Waals surface area contributed by atoms with Crippen LogP contribution in [0.15, 0.2) is 18.2 Å². The molecular weight excluding hydrogens is 259 g/mol. The molecule has 1 aromatic heterocycles. The topological polar surface area (TPSA) is 66.0 Å². The summed E-state index contributed by atoms with van der Waals surface area (Å²) >= 11 is 0. The summed E-state index contributed by atoms with van der Waals surface area (Å²) in [6.45, 7) is 6.25. The molecule has 2 N–H and O–H groups in total. The molecule has 5 nitrogen and oxygen atoms in total. The Bertz CT molecular complexity index is 616. The fourth-order valence-corrected chi connectivity index (χ4v) is 2.13. The maximum atomic E-state index is 14.2. The molecule has 0 fully saturated rings. The smallest absolute Gasteiger partial charge is 0.167 e. The second-order valence-electron chi connectivity index (χ2n) is 5.50. The van der Waals surface area contributed by atoms with Crippen LogP contribution in [0.5, 0.6) is 5.75 Å². The predicted molar refractivity (Wildman–Crippen MR) is 74.9 cm³/mol. The first-order valence-electron chi connectivity index (χ1n) is 6.37. The molecule has 1 aromatic carbocycles. The molecular formula is C14H19FN4O. The molecule has 0 saturated carbocycles. The van der Waals surface area contributed by atoms with Crippen molar-refractivity contribution in [2.75, 3.05) is 7.11 Å². The van der Waals surface area contributed by atoms with Gasteiger partial charge < -0.3 is 15.0 Å². The molecule has 0 bridgehead atoms. The van der Waals surface area contributed by atoms with E-state index in [1.54, 1.807) is 12.1 Å². The summed E-state index contributed by atoms with van der Waals surface area (Å²) in [6, 6.07) is 4.67. The first-order chi connectivity index (χ1) is 9.38. The molecule has 0 unspecified atom stereocenters. The summed E-state index contributed by atoms with van der Waals surface area (Å²) in [5.41, 5.74) is 5.78. The standard InChI is InChI=1S/C14H19FN4O/c1-14(2,3)19-12(8-16)17-18-13(19)10-6-5-9(20-4)7-11(10)15/h5-7H,8,16H2,1-4H3. The van der Waals surface area contributed by atoms with E-state index in [-0.39, 0.29) is 12.1 Å². The molecule has 0 radical (unpaired) electrons. The molecule has 0 amide bonds. The second kappa shape index (κ2) is 5.20. The molecule has 6 heteroatoms. The van der Waals surface area contributed by atoms with Crippen LogP contribution in [0.3, 0.4) is 0 Å². The summed E-state index contributed by atoms with van der Waals surface area (Å²) in [5.74, 6) is 1.17. The largest absolute Gasteiger partial charge is 0.497 e. The Morgan fingerprint density at radius 2 is 2.00 bits per heavy atom. The Kier molecular flexibility index (Phi) is 3.76. The number of hydrogen-bond donors (Lipinski definition) is 1. The lowest BCUT2D eigenvalue weighted by molar-refractivity contribution is 0.385. The Labute approximate surface area is 117 Å². The molecule has 0 aliphatic rings. The molecule has 20 heavy (non-hydrogen) atoms. The minimum absolute atomic E-state index is 0.252. The van der Waals surface area contributed by atoms with Crippen molar-refractivity contribution < 1.29 is 9.13 Å². The van der Waals surface area contributed by atoms with Crippen molar-refractivity contribution in [1.82, 2.24) is 14.8 Å². The average Bonchev–Trinajstić information content (AvgIpc) is 2.82. The third kappa shape index (κ3) is 2.51.